The van der Waals surface area contributed by atoms with E-state index >= 15 is 0 Å². The number of likely N-dealkylation sites (tertiary alicyclic amines) is 1. The summed E-state index contributed by atoms with van der Waals surface area (Å²) in [5, 5.41) is 0. The summed E-state index contributed by atoms with van der Waals surface area (Å²) in [5.74, 6) is 0.680. The maximum absolute atomic E-state index is 13.1. The third-order valence-corrected chi connectivity index (χ3v) is 5.59. The first kappa shape index (κ1) is 16.9. The fourth-order valence-electron chi connectivity index (χ4n) is 4.08. The predicted molar refractivity (Wildman–Crippen MR) is 97.6 cm³/mol. The third kappa shape index (κ3) is 3.14. The molecule has 0 unspecified atom stereocenters. The summed E-state index contributed by atoms with van der Waals surface area (Å²) in [6.45, 7) is 4.45. The van der Waals surface area contributed by atoms with Gasteiger partial charge in [-0.2, -0.15) is 0 Å². The molecule has 1 atom stereocenters. The van der Waals surface area contributed by atoms with Gasteiger partial charge in [0.15, 0.2) is 0 Å². The van der Waals surface area contributed by atoms with Crippen LogP contribution in [0.5, 0.6) is 0 Å². The van der Waals surface area contributed by atoms with E-state index in [1.807, 2.05) is 15.9 Å². The lowest BCUT2D eigenvalue weighted by Crippen LogP contribution is -2.47. The van der Waals surface area contributed by atoms with Gasteiger partial charge in [0.25, 0.3) is 5.91 Å². The summed E-state index contributed by atoms with van der Waals surface area (Å²) in [6, 6.07) is 10.0. The Bertz CT molecular complexity index is 826. The fraction of sp³-hybridized carbons (Fsp3) is 0.429. The highest BCUT2D eigenvalue weighted by molar-refractivity contribution is 5.95. The van der Waals surface area contributed by atoms with Crippen LogP contribution in [-0.2, 0) is 17.8 Å². The van der Waals surface area contributed by atoms with Gasteiger partial charge in [0.1, 0.15) is 5.76 Å². The molecule has 0 aliphatic carbocycles. The van der Waals surface area contributed by atoms with E-state index in [0.717, 1.165) is 25.8 Å². The van der Waals surface area contributed by atoms with E-state index in [1.165, 1.54) is 11.1 Å². The van der Waals surface area contributed by atoms with Crippen molar-refractivity contribution in [3.63, 3.8) is 0 Å². The van der Waals surface area contributed by atoms with Crippen LogP contribution in [0.25, 0.3) is 0 Å². The van der Waals surface area contributed by atoms with Crippen LogP contribution in [0.1, 0.15) is 40.1 Å². The highest BCUT2D eigenvalue weighted by Crippen LogP contribution is 2.25. The molecule has 1 fully saturated rings. The average Bonchev–Trinajstić information content (AvgIpc) is 3.12. The molecular formula is C21H24N2O3. The first-order valence-electron chi connectivity index (χ1n) is 9.32. The Morgan fingerprint density at radius 3 is 2.65 bits per heavy atom. The van der Waals surface area contributed by atoms with Gasteiger partial charge >= 0.3 is 0 Å². The van der Waals surface area contributed by atoms with Crippen molar-refractivity contribution in [2.24, 2.45) is 5.92 Å². The smallest absolute Gasteiger partial charge is 0.257 e. The number of aryl methyl sites for hydroxylation is 1. The largest absolute Gasteiger partial charge is 0.469 e. The van der Waals surface area contributed by atoms with Crippen LogP contribution in [0, 0.1) is 12.8 Å². The molecule has 1 saturated heterocycles. The lowest BCUT2D eigenvalue weighted by Gasteiger charge is -2.36. The van der Waals surface area contributed by atoms with Gasteiger partial charge in [-0.15, -0.1) is 0 Å². The number of amides is 2. The summed E-state index contributed by atoms with van der Waals surface area (Å²) in [5.41, 5.74) is 3.18. The van der Waals surface area contributed by atoms with Gasteiger partial charge in [0, 0.05) is 26.2 Å². The summed E-state index contributed by atoms with van der Waals surface area (Å²) < 4.78 is 5.26. The second kappa shape index (κ2) is 6.98. The molecule has 0 saturated carbocycles. The Hall–Kier alpha value is -2.56. The van der Waals surface area contributed by atoms with E-state index in [1.54, 1.807) is 19.3 Å². The maximum Gasteiger partial charge on any atom is 0.257 e. The molecule has 2 aliphatic heterocycles. The van der Waals surface area contributed by atoms with Crippen molar-refractivity contribution in [1.82, 2.24) is 9.80 Å². The van der Waals surface area contributed by atoms with Crippen LogP contribution >= 0.6 is 0 Å². The minimum Gasteiger partial charge on any atom is -0.469 e. The number of carbonyl (C=O) groups excluding carboxylic acids is 2. The third-order valence-electron chi connectivity index (χ3n) is 5.59. The van der Waals surface area contributed by atoms with Crippen LogP contribution in [-0.4, -0.2) is 41.2 Å². The van der Waals surface area contributed by atoms with Gasteiger partial charge in [0.2, 0.25) is 5.91 Å². The van der Waals surface area contributed by atoms with Crippen molar-refractivity contribution in [3.05, 3.63) is 59.0 Å². The average molecular weight is 352 g/mol. The van der Waals surface area contributed by atoms with Crippen LogP contribution in [0.15, 0.2) is 41.0 Å². The van der Waals surface area contributed by atoms with Crippen LogP contribution in [0.3, 0.4) is 0 Å². The van der Waals surface area contributed by atoms with Crippen molar-refractivity contribution >= 4 is 11.8 Å². The number of piperidine rings is 1. The topological polar surface area (TPSA) is 53.8 Å². The van der Waals surface area contributed by atoms with Crippen LogP contribution in [0.4, 0.5) is 0 Å². The minimum atomic E-state index is -0.106. The zero-order valence-electron chi connectivity index (χ0n) is 15.1. The number of fused-ring (bicyclic) bond motifs is 1. The SMILES string of the molecule is Cc1occc1C(=O)N1CCC[C@@H](C(=O)N2CCc3ccccc3C2)C1. The second-order valence-corrected chi connectivity index (χ2v) is 7.26. The van der Waals surface area contributed by atoms with Gasteiger partial charge in [-0.05, 0) is 43.4 Å². The molecule has 0 bridgehead atoms. The molecule has 2 amide bonds. The number of furan rings is 1. The number of hydrogen-bond acceptors (Lipinski definition) is 3. The van der Waals surface area contributed by atoms with E-state index in [2.05, 4.69) is 18.2 Å². The Morgan fingerprint density at radius 1 is 1.08 bits per heavy atom. The Morgan fingerprint density at radius 2 is 1.88 bits per heavy atom. The summed E-state index contributed by atoms with van der Waals surface area (Å²) >= 11 is 0. The van der Waals surface area contributed by atoms with Gasteiger partial charge in [-0.3, -0.25) is 9.59 Å². The molecule has 5 heteroatoms. The summed E-state index contributed by atoms with van der Waals surface area (Å²) in [6.07, 6.45) is 4.17. The van der Waals surface area contributed by atoms with E-state index in [-0.39, 0.29) is 17.7 Å². The van der Waals surface area contributed by atoms with Crippen molar-refractivity contribution < 1.29 is 14.0 Å². The lowest BCUT2D eigenvalue weighted by molar-refractivity contribution is -0.137. The molecular weight excluding hydrogens is 328 g/mol. The van der Waals surface area contributed by atoms with Crippen molar-refractivity contribution in [2.75, 3.05) is 19.6 Å². The Labute approximate surface area is 153 Å². The normalized spacial score (nSPS) is 20.0. The van der Waals surface area contributed by atoms with E-state index in [9.17, 15) is 9.59 Å². The highest BCUT2D eigenvalue weighted by atomic mass is 16.3. The standard InChI is InChI=1S/C21H24N2O3/c1-15-19(9-12-26-15)21(25)22-10-4-7-18(14-22)20(24)23-11-8-16-5-2-3-6-17(16)13-23/h2-3,5-6,9,12,18H,4,7-8,10-11,13-14H2,1H3/t18-/m1/s1. The number of hydrogen-bond donors (Lipinski definition) is 0. The molecule has 4 rings (SSSR count). The molecule has 136 valence electrons. The molecule has 2 aliphatic rings. The maximum atomic E-state index is 13.1. The molecule has 0 spiro atoms. The molecule has 1 aromatic heterocycles. The second-order valence-electron chi connectivity index (χ2n) is 7.26. The molecule has 0 radical (unpaired) electrons. The van der Waals surface area contributed by atoms with Crippen LogP contribution < -0.4 is 0 Å². The van der Waals surface area contributed by atoms with E-state index in [0.29, 0.717) is 31.0 Å². The quantitative estimate of drug-likeness (QED) is 0.835. The molecule has 2 aromatic rings. The molecule has 1 aromatic carbocycles. The number of nitrogens with zero attached hydrogens (tertiary/aromatic N) is 2. The number of rotatable bonds is 2. The first-order valence-corrected chi connectivity index (χ1v) is 9.32. The molecule has 0 N–H and O–H groups in total. The summed E-state index contributed by atoms with van der Waals surface area (Å²) in [7, 11) is 0. The Kier molecular flexibility index (Phi) is 4.53. The van der Waals surface area contributed by atoms with Gasteiger partial charge in [-0.1, -0.05) is 24.3 Å². The number of carbonyl (C=O) groups is 2. The first-order chi connectivity index (χ1) is 12.6. The zero-order valence-corrected chi connectivity index (χ0v) is 15.1. The monoisotopic (exact) mass is 352 g/mol. The van der Waals surface area contributed by atoms with Gasteiger partial charge < -0.3 is 14.2 Å². The van der Waals surface area contributed by atoms with E-state index in [4.69, 9.17) is 4.42 Å². The number of benzene rings is 1. The fourth-order valence-corrected chi connectivity index (χ4v) is 4.08. The zero-order chi connectivity index (χ0) is 18.1. The highest BCUT2D eigenvalue weighted by Gasteiger charge is 2.33. The van der Waals surface area contributed by atoms with Crippen molar-refractivity contribution in [3.8, 4) is 0 Å². The van der Waals surface area contributed by atoms with Crippen LogP contribution in [0.2, 0.25) is 0 Å². The minimum absolute atomic E-state index is 0.0299. The van der Waals surface area contributed by atoms with Gasteiger partial charge in [-0.25, -0.2) is 0 Å². The van der Waals surface area contributed by atoms with Gasteiger partial charge in [0.05, 0.1) is 17.7 Å². The molecule has 26 heavy (non-hydrogen) atoms. The predicted octanol–water partition coefficient (Wildman–Crippen LogP) is 3.03. The van der Waals surface area contributed by atoms with E-state index < -0.39 is 0 Å². The summed E-state index contributed by atoms with van der Waals surface area (Å²) in [4.78, 5) is 29.6. The molecule has 3 heterocycles. The van der Waals surface area contributed by atoms with Crippen molar-refractivity contribution in [1.29, 1.82) is 0 Å². The lowest BCUT2D eigenvalue weighted by atomic mass is 9.93. The Balaban J connectivity index is 1.44. The molecule has 5 nitrogen and oxygen atoms in total. The van der Waals surface area contributed by atoms with Crippen molar-refractivity contribution in [2.45, 2.75) is 32.7 Å².